The van der Waals surface area contributed by atoms with Crippen LogP contribution >= 0.6 is 0 Å². The van der Waals surface area contributed by atoms with Crippen LogP contribution in [0.2, 0.25) is 0 Å². The first kappa shape index (κ1) is 17.2. The van der Waals surface area contributed by atoms with Gasteiger partial charge in [0.15, 0.2) is 0 Å². The fourth-order valence-corrected chi connectivity index (χ4v) is 2.87. The number of dihydropyridines is 1. The van der Waals surface area contributed by atoms with E-state index >= 15 is 0 Å². The summed E-state index contributed by atoms with van der Waals surface area (Å²) in [6.07, 6.45) is -1.08. The first-order valence-electron chi connectivity index (χ1n) is 7.26. The van der Waals surface area contributed by atoms with Crippen LogP contribution in [0.5, 0.6) is 0 Å². The van der Waals surface area contributed by atoms with Crippen molar-refractivity contribution in [1.82, 2.24) is 10.2 Å². The van der Waals surface area contributed by atoms with Crippen LogP contribution in [0.4, 0.5) is 17.6 Å². The Morgan fingerprint density at radius 3 is 2.86 bits per heavy atom. The number of alkyl halides is 4. The number of β-amino-alcohol motifs (C(OH)–C–C–N with tert-alkyl or cyclic N) is 1. The van der Waals surface area contributed by atoms with Gasteiger partial charge < -0.3 is 16.2 Å². The van der Waals surface area contributed by atoms with Crippen molar-refractivity contribution in [3.05, 3.63) is 23.9 Å². The Labute approximate surface area is 126 Å². The highest BCUT2D eigenvalue weighted by molar-refractivity contribution is 5.26. The maximum absolute atomic E-state index is 15.0. The second-order valence-corrected chi connectivity index (χ2v) is 5.84. The molecule has 0 bridgehead atoms. The van der Waals surface area contributed by atoms with Crippen LogP contribution in [0.15, 0.2) is 23.9 Å². The number of rotatable bonds is 5. The van der Waals surface area contributed by atoms with Crippen molar-refractivity contribution < 1.29 is 22.7 Å². The van der Waals surface area contributed by atoms with E-state index in [9.17, 15) is 22.7 Å². The van der Waals surface area contributed by atoms with Crippen LogP contribution in [0.1, 0.15) is 12.8 Å². The molecule has 0 aromatic carbocycles. The largest absolute Gasteiger partial charge is 0.430 e. The van der Waals surface area contributed by atoms with E-state index < -0.39 is 29.7 Å². The van der Waals surface area contributed by atoms with E-state index in [4.69, 9.17) is 5.73 Å². The number of likely N-dealkylation sites (tertiary alicyclic amines) is 1. The molecule has 0 aromatic rings. The molecular weight excluding hydrogens is 302 g/mol. The van der Waals surface area contributed by atoms with Crippen molar-refractivity contribution in [3.63, 3.8) is 0 Å². The van der Waals surface area contributed by atoms with Crippen LogP contribution in [-0.4, -0.2) is 60.2 Å². The van der Waals surface area contributed by atoms with Crippen LogP contribution in [0.25, 0.3) is 0 Å². The highest BCUT2D eigenvalue weighted by Gasteiger charge is 2.47. The number of hydrogen-bond acceptors (Lipinski definition) is 4. The van der Waals surface area contributed by atoms with Gasteiger partial charge in [-0.1, -0.05) is 12.2 Å². The van der Waals surface area contributed by atoms with Gasteiger partial charge in [-0.25, -0.2) is 4.39 Å². The fourth-order valence-electron chi connectivity index (χ4n) is 2.87. The zero-order chi connectivity index (χ0) is 16.4. The lowest BCUT2D eigenvalue weighted by Crippen LogP contribution is -2.51. The van der Waals surface area contributed by atoms with Gasteiger partial charge in [0.25, 0.3) is 0 Å². The molecule has 2 aliphatic rings. The summed E-state index contributed by atoms with van der Waals surface area (Å²) in [5.41, 5.74) is 2.63. The highest BCUT2D eigenvalue weighted by atomic mass is 19.4. The third-order valence-electron chi connectivity index (χ3n) is 4.04. The van der Waals surface area contributed by atoms with Crippen LogP contribution in [0, 0.1) is 0 Å². The minimum Gasteiger partial charge on any atom is -0.392 e. The average molecular weight is 323 g/mol. The Balaban J connectivity index is 1.96. The van der Waals surface area contributed by atoms with E-state index in [1.807, 2.05) is 0 Å². The van der Waals surface area contributed by atoms with Crippen molar-refractivity contribution in [3.8, 4) is 0 Å². The van der Waals surface area contributed by atoms with Crippen molar-refractivity contribution in [2.75, 3.05) is 26.2 Å². The first-order chi connectivity index (χ1) is 10.2. The minimum atomic E-state index is -4.52. The Morgan fingerprint density at radius 1 is 1.50 bits per heavy atom. The van der Waals surface area contributed by atoms with E-state index in [0.29, 0.717) is 19.5 Å². The van der Waals surface area contributed by atoms with E-state index in [1.54, 1.807) is 4.90 Å². The maximum atomic E-state index is 15.0. The number of halogens is 4. The molecular formula is C14H21F4N3O. The molecule has 0 spiro atoms. The summed E-state index contributed by atoms with van der Waals surface area (Å²) in [4.78, 5) is 1.72. The van der Waals surface area contributed by atoms with Crippen molar-refractivity contribution in [2.24, 2.45) is 5.73 Å². The van der Waals surface area contributed by atoms with E-state index in [1.165, 1.54) is 12.2 Å². The summed E-state index contributed by atoms with van der Waals surface area (Å²) < 4.78 is 53.1. The highest BCUT2D eigenvalue weighted by Crippen LogP contribution is 2.34. The second kappa shape index (κ2) is 6.55. The quantitative estimate of drug-likeness (QED) is 0.663. The molecule has 22 heavy (non-hydrogen) atoms. The van der Waals surface area contributed by atoms with Gasteiger partial charge in [0.05, 0.1) is 12.1 Å². The standard InChI is InChI=1S/C14H21F4N3O/c15-13(5-7-21(9-13)8-10(22)4-6-19)11-2-1-3-12(20-11)14(16,17)18/h1-3,10-11,20,22H,4-9,19H2. The van der Waals surface area contributed by atoms with E-state index in [-0.39, 0.29) is 19.5 Å². The molecule has 0 amide bonds. The van der Waals surface area contributed by atoms with Crippen LogP contribution in [-0.2, 0) is 0 Å². The van der Waals surface area contributed by atoms with Crippen molar-refractivity contribution in [2.45, 2.75) is 36.8 Å². The Hall–Kier alpha value is -1.12. The number of aliphatic hydroxyl groups excluding tert-OH is 1. The molecule has 1 saturated heterocycles. The number of nitrogens with zero attached hydrogens (tertiary/aromatic N) is 1. The van der Waals surface area contributed by atoms with Gasteiger partial charge in [0.2, 0.25) is 0 Å². The van der Waals surface area contributed by atoms with Gasteiger partial charge in [-0.2, -0.15) is 13.2 Å². The molecule has 3 unspecified atom stereocenters. The average Bonchev–Trinajstić information content (AvgIpc) is 2.81. The summed E-state index contributed by atoms with van der Waals surface area (Å²) in [6, 6.07) is -1.02. The van der Waals surface area contributed by atoms with Crippen molar-refractivity contribution in [1.29, 1.82) is 0 Å². The lowest BCUT2D eigenvalue weighted by molar-refractivity contribution is -0.0990. The van der Waals surface area contributed by atoms with Crippen molar-refractivity contribution >= 4 is 0 Å². The van der Waals surface area contributed by atoms with Gasteiger partial charge in [-0.15, -0.1) is 0 Å². The van der Waals surface area contributed by atoms with E-state index in [0.717, 1.165) is 6.08 Å². The van der Waals surface area contributed by atoms with Gasteiger partial charge in [-0.3, -0.25) is 4.90 Å². The maximum Gasteiger partial charge on any atom is 0.430 e. The number of nitrogens with one attached hydrogen (secondary N) is 1. The SMILES string of the molecule is NCCC(O)CN1CCC(F)(C2C=CC=C(C(F)(F)F)N2)C1. The number of aliphatic hydroxyl groups is 1. The smallest absolute Gasteiger partial charge is 0.392 e. The molecule has 2 aliphatic heterocycles. The molecule has 4 N–H and O–H groups in total. The molecule has 4 nitrogen and oxygen atoms in total. The molecule has 0 saturated carbocycles. The second-order valence-electron chi connectivity index (χ2n) is 5.84. The third-order valence-corrected chi connectivity index (χ3v) is 4.04. The van der Waals surface area contributed by atoms with Gasteiger partial charge >= 0.3 is 6.18 Å². The zero-order valence-electron chi connectivity index (χ0n) is 12.1. The molecule has 2 rings (SSSR count). The Morgan fingerprint density at radius 2 is 2.23 bits per heavy atom. The fraction of sp³-hybridized carbons (Fsp3) is 0.714. The Bertz CT molecular complexity index is 452. The van der Waals surface area contributed by atoms with Gasteiger partial charge in [0, 0.05) is 19.6 Å². The molecule has 8 heteroatoms. The lowest BCUT2D eigenvalue weighted by atomic mass is 9.93. The summed E-state index contributed by atoms with van der Waals surface area (Å²) >= 11 is 0. The first-order valence-corrected chi connectivity index (χ1v) is 7.26. The molecule has 0 aliphatic carbocycles. The predicted molar refractivity (Wildman–Crippen MR) is 74.8 cm³/mol. The van der Waals surface area contributed by atoms with Gasteiger partial charge in [0.1, 0.15) is 11.4 Å². The van der Waals surface area contributed by atoms with Gasteiger partial charge in [-0.05, 0) is 25.5 Å². The number of hydrogen-bond donors (Lipinski definition) is 3. The summed E-state index contributed by atoms with van der Waals surface area (Å²) in [6.45, 7) is 1.00. The third kappa shape index (κ3) is 3.99. The normalized spacial score (nSPS) is 31.0. The number of allylic oxidation sites excluding steroid dienone is 3. The topological polar surface area (TPSA) is 61.5 Å². The summed E-state index contributed by atoms with van der Waals surface area (Å²) in [7, 11) is 0. The monoisotopic (exact) mass is 323 g/mol. The van der Waals surface area contributed by atoms with E-state index in [2.05, 4.69) is 5.32 Å². The molecule has 126 valence electrons. The molecule has 0 radical (unpaired) electrons. The lowest BCUT2D eigenvalue weighted by Gasteiger charge is -2.33. The Kier molecular flexibility index (Phi) is 5.14. The molecule has 2 heterocycles. The summed E-state index contributed by atoms with van der Waals surface area (Å²) in [5, 5.41) is 11.9. The predicted octanol–water partition coefficient (Wildman–Crippen LogP) is 1.08. The molecule has 3 atom stereocenters. The molecule has 0 aromatic heterocycles. The van der Waals surface area contributed by atoms with Crippen LogP contribution in [0.3, 0.4) is 0 Å². The minimum absolute atomic E-state index is 0.0121. The summed E-state index contributed by atoms with van der Waals surface area (Å²) in [5.74, 6) is 0. The molecule has 1 fully saturated rings. The number of nitrogens with two attached hydrogens (primary N) is 1. The zero-order valence-corrected chi connectivity index (χ0v) is 12.1. The van der Waals surface area contributed by atoms with Crippen LogP contribution < -0.4 is 11.1 Å².